The Morgan fingerprint density at radius 3 is 2.48 bits per heavy atom. The van der Waals surface area contributed by atoms with Crippen molar-refractivity contribution in [3.8, 4) is 22.9 Å². The third kappa shape index (κ3) is 3.63. The molecule has 3 aromatic rings. The molecule has 0 aliphatic carbocycles. The van der Waals surface area contributed by atoms with Gasteiger partial charge in [-0.2, -0.15) is 5.10 Å². The molecule has 2 aromatic carbocycles. The summed E-state index contributed by atoms with van der Waals surface area (Å²) in [6.45, 7) is 6.72. The van der Waals surface area contributed by atoms with Crippen molar-refractivity contribution >= 4 is 5.69 Å². The number of ether oxygens (including phenoxy) is 2. The zero-order chi connectivity index (χ0) is 19.6. The van der Waals surface area contributed by atoms with E-state index >= 15 is 0 Å². The molecule has 1 N–H and O–H groups in total. The number of nitrogens with zero attached hydrogens (tertiary/aromatic N) is 2. The van der Waals surface area contributed by atoms with Crippen molar-refractivity contribution in [3.63, 3.8) is 0 Å². The lowest BCUT2D eigenvalue weighted by Gasteiger charge is -2.15. The Balaban J connectivity index is 1.84. The van der Waals surface area contributed by atoms with Crippen LogP contribution in [0.5, 0.6) is 11.6 Å². The SMILES string of the molecule is CNc1cccc(C)c1COc1ccc(-c2nn(C)c(OC)c2C)cc1C. The van der Waals surface area contributed by atoms with Crippen LogP contribution in [0.2, 0.25) is 0 Å². The first-order valence-electron chi connectivity index (χ1n) is 9.04. The highest BCUT2D eigenvalue weighted by Crippen LogP contribution is 2.32. The van der Waals surface area contributed by atoms with Crippen LogP contribution in [0.1, 0.15) is 22.3 Å². The molecule has 0 aliphatic rings. The molecule has 0 amide bonds. The number of hydrogen-bond acceptors (Lipinski definition) is 4. The number of aryl methyl sites for hydroxylation is 3. The van der Waals surface area contributed by atoms with Gasteiger partial charge < -0.3 is 14.8 Å². The molecule has 27 heavy (non-hydrogen) atoms. The fraction of sp³-hybridized carbons (Fsp3) is 0.318. The third-order valence-electron chi connectivity index (χ3n) is 4.91. The average molecular weight is 365 g/mol. The molecule has 5 nitrogen and oxygen atoms in total. The second-order valence-corrected chi connectivity index (χ2v) is 6.73. The van der Waals surface area contributed by atoms with Crippen molar-refractivity contribution < 1.29 is 9.47 Å². The molecule has 1 aromatic heterocycles. The van der Waals surface area contributed by atoms with E-state index in [4.69, 9.17) is 9.47 Å². The largest absolute Gasteiger partial charge is 0.489 e. The van der Waals surface area contributed by atoms with Gasteiger partial charge in [-0.15, -0.1) is 0 Å². The fourth-order valence-electron chi connectivity index (χ4n) is 3.41. The summed E-state index contributed by atoms with van der Waals surface area (Å²) < 4.78 is 13.3. The minimum Gasteiger partial charge on any atom is -0.489 e. The van der Waals surface area contributed by atoms with Crippen LogP contribution in [0, 0.1) is 20.8 Å². The monoisotopic (exact) mass is 365 g/mol. The van der Waals surface area contributed by atoms with Gasteiger partial charge in [-0.25, -0.2) is 4.68 Å². The van der Waals surface area contributed by atoms with E-state index in [-0.39, 0.29) is 0 Å². The Bertz CT molecular complexity index is 960. The standard InChI is InChI=1S/C22H27N3O2/c1-14-8-7-9-19(23-4)18(14)13-27-20-11-10-17(12-15(20)2)21-16(3)22(26-6)25(5)24-21/h7-12,23H,13H2,1-6H3. The van der Waals surface area contributed by atoms with E-state index in [1.54, 1.807) is 11.8 Å². The Labute approximate surface area is 160 Å². The van der Waals surface area contributed by atoms with Crippen molar-refractivity contribution in [3.05, 3.63) is 58.7 Å². The van der Waals surface area contributed by atoms with Gasteiger partial charge in [-0.1, -0.05) is 12.1 Å². The van der Waals surface area contributed by atoms with E-state index in [0.717, 1.165) is 39.7 Å². The van der Waals surface area contributed by atoms with Crippen molar-refractivity contribution in [2.24, 2.45) is 7.05 Å². The number of aromatic nitrogens is 2. The van der Waals surface area contributed by atoms with E-state index in [9.17, 15) is 0 Å². The van der Waals surface area contributed by atoms with Crippen LogP contribution >= 0.6 is 0 Å². The lowest BCUT2D eigenvalue weighted by molar-refractivity contribution is 0.304. The van der Waals surface area contributed by atoms with Gasteiger partial charge in [-0.05, 0) is 56.2 Å². The fourth-order valence-corrected chi connectivity index (χ4v) is 3.41. The van der Waals surface area contributed by atoms with Crippen molar-refractivity contribution in [1.29, 1.82) is 0 Å². The Morgan fingerprint density at radius 1 is 1.07 bits per heavy atom. The number of rotatable bonds is 6. The summed E-state index contributed by atoms with van der Waals surface area (Å²) in [7, 11) is 5.49. The second-order valence-electron chi connectivity index (χ2n) is 6.73. The summed E-state index contributed by atoms with van der Waals surface area (Å²) in [6, 6.07) is 12.4. The van der Waals surface area contributed by atoms with Crippen molar-refractivity contribution in [2.75, 3.05) is 19.5 Å². The van der Waals surface area contributed by atoms with Gasteiger partial charge in [0.15, 0.2) is 0 Å². The molecule has 0 fully saturated rings. The average Bonchev–Trinajstić information content (AvgIpc) is 2.94. The van der Waals surface area contributed by atoms with Crippen LogP contribution in [-0.4, -0.2) is 23.9 Å². The lowest BCUT2D eigenvalue weighted by atomic mass is 10.0. The molecule has 0 bridgehead atoms. The third-order valence-corrected chi connectivity index (χ3v) is 4.91. The molecule has 0 saturated heterocycles. The van der Waals surface area contributed by atoms with Crippen molar-refractivity contribution in [2.45, 2.75) is 27.4 Å². The summed E-state index contributed by atoms with van der Waals surface area (Å²) in [5.74, 6) is 1.66. The number of anilines is 1. The molecule has 3 rings (SSSR count). The first-order valence-corrected chi connectivity index (χ1v) is 9.04. The summed E-state index contributed by atoms with van der Waals surface area (Å²) in [5.41, 5.74) is 7.59. The zero-order valence-electron chi connectivity index (χ0n) is 16.9. The highest BCUT2D eigenvalue weighted by Gasteiger charge is 2.15. The van der Waals surface area contributed by atoms with Gasteiger partial charge in [0.1, 0.15) is 12.4 Å². The van der Waals surface area contributed by atoms with Crippen LogP contribution < -0.4 is 14.8 Å². The van der Waals surface area contributed by atoms with Gasteiger partial charge in [0.2, 0.25) is 5.88 Å². The van der Waals surface area contributed by atoms with Crippen LogP contribution in [0.15, 0.2) is 36.4 Å². The van der Waals surface area contributed by atoms with E-state index in [2.05, 4.69) is 42.5 Å². The molecular weight excluding hydrogens is 338 g/mol. The molecule has 0 radical (unpaired) electrons. The molecular formula is C22H27N3O2. The number of hydrogen-bond donors (Lipinski definition) is 1. The van der Waals surface area contributed by atoms with Gasteiger partial charge in [0.05, 0.1) is 12.8 Å². The topological polar surface area (TPSA) is 48.3 Å². The number of benzene rings is 2. The maximum Gasteiger partial charge on any atom is 0.214 e. The number of nitrogens with one attached hydrogen (secondary N) is 1. The second kappa shape index (κ2) is 7.74. The first-order chi connectivity index (χ1) is 13.0. The van der Waals surface area contributed by atoms with E-state index < -0.39 is 0 Å². The van der Waals surface area contributed by atoms with E-state index in [1.165, 1.54) is 11.1 Å². The summed E-state index contributed by atoms with van der Waals surface area (Å²) >= 11 is 0. The quantitative estimate of drug-likeness (QED) is 0.691. The van der Waals surface area contributed by atoms with E-state index in [0.29, 0.717) is 6.61 Å². The molecule has 5 heteroatoms. The highest BCUT2D eigenvalue weighted by molar-refractivity contribution is 5.67. The predicted octanol–water partition coefficient (Wildman–Crippen LogP) is 4.64. The summed E-state index contributed by atoms with van der Waals surface area (Å²) in [5, 5.41) is 7.83. The maximum atomic E-state index is 6.13. The van der Waals surface area contributed by atoms with Crippen LogP contribution in [-0.2, 0) is 13.7 Å². The molecule has 0 aliphatic heterocycles. The Morgan fingerprint density at radius 2 is 1.85 bits per heavy atom. The minimum absolute atomic E-state index is 0.527. The van der Waals surface area contributed by atoms with Crippen molar-refractivity contribution in [1.82, 2.24) is 9.78 Å². The predicted molar refractivity (Wildman–Crippen MR) is 110 cm³/mol. The van der Waals surface area contributed by atoms with Gasteiger partial charge in [0, 0.05) is 36.5 Å². The molecule has 0 unspecified atom stereocenters. The normalized spacial score (nSPS) is 10.7. The van der Waals surface area contributed by atoms with Crippen LogP contribution in [0.25, 0.3) is 11.3 Å². The van der Waals surface area contributed by atoms with Gasteiger partial charge in [0.25, 0.3) is 0 Å². The van der Waals surface area contributed by atoms with E-state index in [1.807, 2.05) is 39.2 Å². The van der Waals surface area contributed by atoms with Crippen LogP contribution in [0.4, 0.5) is 5.69 Å². The maximum absolute atomic E-state index is 6.13. The molecule has 0 saturated carbocycles. The van der Waals surface area contributed by atoms with Gasteiger partial charge >= 0.3 is 0 Å². The lowest BCUT2D eigenvalue weighted by Crippen LogP contribution is -2.03. The van der Waals surface area contributed by atoms with Gasteiger partial charge in [-0.3, -0.25) is 0 Å². The molecule has 0 atom stereocenters. The molecule has 0 spiro atoms. The van der Waals surface area contributed by atoms with Crippen LogP contribution in [0.3, 0.4) is 0 Å². The minimum atomic E-state index is 0.527. The Hall–Kier alpha value is -2.95. The Kier molecular flexibility index (Phi) is 5.40. The highest BCUT2D eigenvalue weighted by atomic mass is 16.5. The molecule has 1 heterocycles. The molecule has 142 valence electrons. The number of methoxy groups -OCH3 is 1. The zero-order valence-corrected chi connectivity index (χ0v) is 16.9. The first kappa shape index (κ1) is 18.8. The summed E-state index contributed by atoms with van der Waals surface area (Å²) in [4.78, 5) is 0. The smallest absolute Gasteiger partial charge is 0.214 e. The summed E-state index contributed by atoms with van der Waals surface area (Å²) in [6.07, 6.45) is 0.